The van der Waals surface area contributed by atoms with E-state index in [9.17, 15) is 24.3 Å². The van der Waals surface area contributed by atoms with Crippen LogP contribution >= 0.6 is 11.8 Å². The number of amides is 3. The number of H-pyrrole nitrogens is 1. The summed E-state index contributed by atoms with van der Waals surface area (Å²) in [7, 11) is 0. The summed E-state index contributed by atoms with van der Waals surface area (Å²) in [6, 6.07) is -3.79. The third kappa shape index (κ3) is 10.7. The largest absolute Gasteiger partial charge is 0.480 e. The number of aliphatic carboxylic acids is 1. The summed E-state index contributed by atoms with van der Waals surface area (Å²) in [5, 5.41) is 17.5. The first-order valence-corrected chi connectivity index (χ1v) is 13.2. The molecule has 0 saturated carbocycles. The van der Waals surface area contributed by atoms with Crippen molar-refractivity contribution in [3.05, 3.63) is 18.2 Å². The van der Waals surface area contributed by atoms with E-state index in [1.807, 2.05) is 34.0 Å². The lowest BCUT2D eigenvalue weighted by Crippen LogP contribution is -2.59. The molecule has 198 valence electrons. The first-order chi connectivity index (χ1) is 16.5. The van der Waals surface area contributed by atoms with Crippen LogP contribution in [0, 0.1) is 11.8 Å². The highest BCUT2D eigenvalue weighted by Crippen LogP contribution is 2.11. The van der Waals surface area contributed by atoms with E-state index in [2.05, 4.69) is 25.9 Å². The molecule has 7 N–H and O–H groups in total. The van der Waals surface area contributed by atoms with Crippen LogP contribution < -0.4 is 21.7 Å². The Bertz CT molecular complexity index is 819. The van der Waals surface area contributed by atoms with Crippen molar-refractivity contribution in [1.29, 1.82) is 0 Å². The fourth-order valence-corrected chi connectivity index (χ4v) is 3.89. The SMILES string of the molecule is CCC(C)C(NC(=O)C(N)Cc1cnc[nH]1)C(=O)NC(CCSC)C(=O)NC(CC(C)C)C(=O)O. The predicted octanol–water partition coefficient (Wildman–Crippen LogP) is 0.664. The Morgan fingerprint density at radius 3 is 2.26 bits per heavy atom. The quantitative estimate of drug-likeness (QED) is 0.187. The number of carbonyl (C=O) groups excluding carboxylic acids is 3. The zero-order chi connectivity index (χ0) is 26.5. The number of carboxylic acids is 1. The number of imidazole rings is 1. The Kier molecular flexibility index (Phi) is 13.4. The molecule has 0 saturated heterocycles. The standard InChI is InChI=1S/C23H40N6O5S/c1-6-14(4)19(29-20(30)16(24)10-15-11-25-12-26-15)22(32)27-17(7-8-35-5)21(31)28-18(23(33)34)9-13(2)3/h11-14,16-19H,6-10,24H2,1-5H3,(H,25,26)(H,27,32)(H,28,31)(H,29,30)(H,33,34). The highest BCUT2D eigenvalue weighted by molar-refractivity contribution is 7.98. The van der Waals surface area contributed by atoms with Crippen LogP contribution in [0.25, 0.3) is 0 Å². The zero-order valence-corrected chi connectivity index (χ0v) is 22.0. The van der Waals surface area contributed by atoms with Gasteiger partial charge in [-0.05, 0) is 36.7 Å². The zero-order valence-electron chi connectivity index (χ0n) is 21.2. The summed E-state index contributed by atoms with van der Waals surface area (Å²) in [5.74, 6) is -2.28. The van der Waals surface area contributed by atoms with Gasteiger partial charge in [0.2, 0.25) is 17.7 Å². The van der Waals surface area contributed by atoms with Gasteiger partial charge in [-0.15, -0.1) is 0 Å². The van der Waals surface area contributed by atoms with Crippen molar-refractivity contribution in [2.75, 3.05) is 12.0 Å². The normalized spacial score (nSPS) is 15.5. The number of aromatic amines is 1. The van der Waals surface area contributed by atoms with Gasteiger partial charge in [-0.3, -0.25) is 14.4 Å². The molecule has 0 bridgehead atoms. The number of carbonyl (C=O) groups is 4. The van der Waals surface area contributed by atoms with Gasteiger partial charge >= 0.3 is 5.97 Å². The van der Waals surface area contributed by atoms with Crippen LogP contribution in [0.4, 0.5) is 0 Å². The van der Waals surface area contributed by atoms with E-state index in [1.165, 1.54) is 18.1 Å². The van der Waals surface area contributed by atoms with Gasteiger partial charge in [0.25, 0.3) is 0 Å². The first kappa shape index (κ1) is 30.4. The van der Waals surface area contributed by atoms with E-state index >= 15 is 0 Å². The minimum Gasteiger partial charge on any atom is -0.480 e. The molecule has 0 radical (unpaired) electrons. The first-order valence-electron chi connectivity index (χ1n) is 11.9. The summed E-state index contributed by atoms with van der Waals surface area (Å²) in [6.45, 7) is 7.45. The van der Waals surface area contributed by atoms with Crippen molar-refractivity contribution in [2.24, 2.45) is 17.6 Å². The summed E-state index contributed by atoms with van der Waals surface area (Å²) in [4.78, 5) is 57.2. The summed E-state index contributed by atoms with van der Waals surface area (Å²) < 4.78 is 0. The Hall–Kier alpha value is -2.60. The van der Waals surface area contributed by atoms with Gasteiger partial charge in [-0.1, -0.05) is 34.1 Å². The number of hydrogen-bond donors (Lipinski definition) is 6. The molecule has 1 aromatic rings. The number of nitrogens with one attached hydrogen (secondary N) is 4. The van der Waals surface area contributed by atoms with Crippen LogP contribution in [0.2, 0.25) is 0 Å². The highest BCUT2D eigenvalue weighted by atomic mass is 32.2. The minimum atomic E-state index is -1.13. The Morgan fingerprint density at radius 1 is 1.09 bits per heavy atom. The molecule has 5 unspecified atom stereocenters. The molecule has 1 rings (SSSR count). The molecule has 1 aromatic heterocycles. The maximum absolute atomic E-state index is 13.2. The number of thioether (sulfide) groups is 1. The number of nitrogens with two attached hydrogens (primary N) is 1. The average Bonchev–Trinajstić information content (AvgIpc) is 3.31. The number of hydrogen-bond acceptors (Lipinski definition) is 7. The highest BCUT2D eigenvalue weighted by Gasteiger charge is 2.32. The topological polar surface area (TPSA) is 179 Å². The predicted molar refractivity (Wildman–Crippen MR) is 136 cm³/mol. The van der Waals surface area contributed by atoms with Crippen LogP contribution in [0.3, 0.4) is 0 Å². The van der Waals surface area contributed by atoms with E-state index in [-0.39, 0.29) is 24.7 Å². The van der Waals surface area contributed by atoms with Gasteiger partial charge in [0.1, 0.15) is 18.1 Å². The lowest BCUT2D eigenvalue weighted by Gasteiger charge is -2.28. The van der Waals surface area contributed by atoms with Crippen molar-refractivity contribution >= 4 is 35.5 Å². The van der Waals surface area contributed by atoms with Gasteiger partial charge in [0, 0.05) is 18.3 Å². The van der Waals surface area contributed by atoms with Crippen molar-refractivity contribution in [3.8, 4) is 0 Å². The van der Waals surface area contributed by atoms with Crippen LogP contribution in [-0.2, 0) is 25.6 Å². The van der Waals surface area contributed by atoms with Crippen LogP contribution in [0.1, 0.15) is 52.7 Å². The summed E-state index contributed by atoms with van der Waals surface area (Å²) in [5.41, 5.74) is 6.72. The number of rotatable bonds is 16. The molecule has 0 aliphatic heterocycles. The molecular weight excluding hydrogens is 472 g/mol. The number of nitrogens with zero attached hydrogens (tertiary/aromatic N) is 1. The number of carboxylic acid groups (broad SMARTS) is 1. The smallest absolute Gasteiger partial charge is 0.326 e. The van der Waals surface area contributed by atoms with Gasteiger partial charge in [-0.25, -0.2) is 9.78 Å². The summed E-state index contributed by atoms with van der Waals surface area (Å²) in [6.07, 6.45) is 6.35. The molecule has 1 heterocycles. The van der Waals surface area contributed by atoms with E-state index in [0.717, 1.165) is 0 Å². The second-order valence-electron chi connectivity index (χ2n) is 9.13. The fraction of sp³-hybridized carbons (Fsp3) is 0.696. The lowest BCUT2D eigenvalue weighted by atomic mass is 9.97. The maximum Gasteiger partial charge on any atom is 0.326 e. The molecule has 5 atom stereocenters. The molecule has 0 spiro atoms. The Morgan fingerprint density at radius 2 is 1.74 bits per heavy atom. The minimum absolute atomic E-state index is 0.0617. The van der Waals surface area contributed by atoms with E-state index in [0.29, 0.717) is 24.3 Å². The third-order valence-electron chi connectivity index (χ3n) is 5.69. The number of aromatic nitrogens is 2. The van der Waals surface area contributed by atoms with E-state index in [4.69, 9.17) is 5.73 Å². The van der Waals surface area contributed by atoms with Gasteiger partial charge in [0.05, 0.1) is 12.4 Å². The maximum atomic E-state index is 13.2. The van der Waals surface area contributed by atoms with Crippen LogP contribution in [0.15, 0.2) is 12.5 Å². The van der Waals surface area contributed by atoms with Crippen LogP contribution in [-0.4, -0.2) is 74.9 Å². The van der Waals surface area contributed by atoms with Crippen molar-refractivity contribution in [2.45, 2.75) is 77.5 Å². The molecular formula is C23H40N6O5S. The molecule has 0 aliphatic carbocycles. The fourth-order valence-electron chi connectivity index (χ4n) is 3.42. The molecule has 12 heteroatoms. The van der Waals surface area contributed by atoms with Crippen LogP contribution in [0.5, 0.6) is 0 Å². The van der Waals surface area contributed by atoms with Crippen molar-refractivity contribution in [1.82, 2.24) is 25.9 Å². The average molecular weight is 513 g/mol. The molecule has 3 amide bonds. The molecule has 0 aromatic carbocycles. The van der Waals surface area contributed by atoms with E-state index in [1.54, 1.807) is 6.20 Å². The van der Waals surface area contributed by atoms with Crippen molar-refractivity contribution < 1.29 is 24.3 Å². The third-order valence-corrected chi connectivity index (χ3v) is 6.33. The molecule has 0 aliphatic rings. The van der Waals surface area contributed by atoms with Crippen molar-refractivity contribution in [3.63, 3.8) is 0 Å². The lowest BCUT2D eigenvalue weighted by molar-refractivity contribution is -0.142. The Labute approximate surface area is 211 Å². The summed E-state index contributed by atoms with van der Waals surface area (Å²) >= 11 is 1.50. The molecule has 35 heavy (non-hydrogen) atoms. The molecule has 0 fully saturated rings. The van der Waals surface area contributed by atoms with E-state index < -0.39 is 47.9 Å². The van der Waals surface area contributed by atoms with Gasteiger partial charge < -0.3 is 31.8 Å². The monoisotopic (exact) mass is 512 g/mol. The second-order valence-corrected chi connectivity index (χ2v) is 10.1. The van der Waals surface area contributed by atoms with Gasteiger partial charge in [0.15, 0.2) is 0 Å². The van der Waals surface area contributed by atoms with Gasteiger partial charge in [-0.2, -0.15) is 11.8 Å². The molecule has 11 nitrogen and oxygen atoms in total. The second kappa shape index (κ2) is 15.4. The Balaban J connectivity index is 2.94.